The molecule has 3 N–H and O–H groups in total. The fraction of sp³-hybridized carbons (Fsp3) is 0.320. The van der Waals surface area contributed by atoms with Crippen LogP contribution in [0.2, 0.25) is 0 Å². The number of aromatic nitrogens is 4. The average molecular weight is 474 g/mol. The van der Waals surface area contributed by atoms with E-state index in [0.717, 1.165) is 47.1 Å². The van der Waals surface area contributed by atoms with Crippen LogP contribution in [0.1, 0.15) is 6.92 Å². The number of hydrogen-bond acceptors (Lipinski definition) is 9. The van der Waals surface area contributed by atoms with Crippen LogP contribution in [0.4, 0.5) is 22.9 Å². The van der Waals surface area contributed by atoms with Gasteiger partial charge in [-0.05, 0) is 37.3 Å². The maximum atomic E-state index is 9.89. The third-order valence-corrected chi connectivity index (χ3v) is 6.30. The van der Waals surface area contributed by atoms with Crippen LogP contribution in [0.15, 0.2) is 55.1 Å². The zero-order chi connectivity index (χ0) is 23.8. The molecule has 6 rings (SSSR count). The van der Waals surface area contributed by atoms with E-state index in [1.54, 1.807) is 19.3 Å². The molecule has 0 amide bonds. The van der Waals surface area contributed by atoms with Crippen molar-refractivity contribution in [2.75, 3.05) is 48.4 Å². The van der Waals surface area contributed by atoms with Gasteiger partial charge in [0.15, 0.2) is 11.5 Å². The smallest absolute Gasteiger partial charge is 0.237 e. The van der Waals surface area contributed by atoms with Crippen molar-refractivity contribution >= 4 is 28.5 Å². The van der Waals surface area contributed by atoms with Gasteiger partial charge in [-0.1, -0.05) is 0 Å². The number of hydrogen-bond donors (Lipinski definition) is 3. The van der Waals surface area contributed by atoms with Crippen molar-refractivity contribution in [1.29, 1.82) is 0 Å². The zero-order valence-electron chi connectivity index (χ0n) is 19.4. The maximum Gasteiger partial charge on any atom is 0.237 e. The molecule has 0 aliphatic carbocycles. The summed E-state index contributed by atoms with van der Waals surface area (Å²) in [6.45, 7) is 5.18. The van der Waals surface area contributed by atoms with Gasteiger partial charge in [-0.25, -0.2) is 15.0 Å². The monoisotopic (exact) mass is 473 g/mol. The molecule has 1 aromatic carbocycles. The second kappa shape index (κ2) is 9.05. The number of pyridine rings is 1. The van der Waals surface area contributed by atoms with Crippen LogP contribution < -0.4 is 20.3 Å². The van der Waals surface area contributed by atoms with Gasteiger partial charge in [-0.2, -0.15) is 0 Å². The van der Waals surface area contributed by atoms with E-state index in [2.05, 4.69) is 37.6 Å². The summed E-state index contributed by atoms with van der Waals surface area (Å²) in [4.78, 5) is 16.0. The summed E-state index contributed by atoms with van der Waals surface area (Å²) >= 11 is 0. The van der Waals surface area contributed by atoms with Crippen molar-refractivity contribution < 1.29 is 14.6 Å². The van der Waals surface area contributed by atoms with Crippen molar-refractivity contribution in [2.45, 2.75) is 19.1 Å². The Morgan fingerprint density at radius 2 is 2.09 bits per heavy atom. The number of ether oxygens (including phenoxy) is 2. The Balaban J connectivity index is 1.26. The molecule has 0 radical (unpaired) electrons. The van der Waals surface area contributed by atoms with Crippen molar-refractivity contribution in [2.24, 2.45) is 0 Å². The van der Waals surface area contributed by atoms with Gasteiger partial charge in [0.1, 0.15) is 12.7 Å². The van der Waals surface area contributed by atoms with Gasteiger partial charge in [-0.15, -0.1) is 0 Å². The summed E-state index contributed by atoms with van der Waals surface area (Å²) in [5.41, 5.74) is 5.25. The minimum absolute atomic E-state index is 0.179. The zero-order valence-corrected chi connectivity index (χ0v) is 19.4. The number of rotatable bonds is 5. The summed E-state index contributed by atoms with van der Waals surface area (Å²) in [7, 11) is 0. The lowest BCUT2D eigenvalue weighted by Crippen LogP contribution is -2.47. The number of anilines is 4. The highest BCUT2D eigenvalue weighted by molar-refractivity contribution is 5.75. The molecular formula is C25H27N7O3. The molecule has 0 spiro atoms. The van der Waals surface area contributed by atoms with E-state index in [-0.39, 0.29) is 6.10 Å². The summed E-state index contributed by atoms with van der Waals surface area (Å²) < 4.78 is 13.2. The quantitative estimate of drug-likeness (QED) is 0.403. The molecule has 2 aliphatic rings. The highest BCUT2D eigenvalue weighted by Gasteiger charge is 2.24. The molecule has 0 saturated carbocycles. The third-order valence-electron chi connectivity index (χ3n) is 6.30. The largest absolute Gasteiger partial charge is 0.474 e. The van der Waals surface area contributed by atoms with Gasteiger partial charge in [0.25, 0.3) is 0 Å². The highest BCUT2D eigenvalue weighted by Crippen LogP contribution is 2.31. The predicted octanol–water partition coefficient (Wildman–Crippen LogP) is 2.93. The van der Waals surface area contributed by atoms with E-state index >= 15 is 0 Å². The second-order valence-corrected chi connectivity index (χ2v) is 8.75. The molecule has 1 saturated heterocycles. The number of aliphatic hydroxyl groups excluding tert-OH is 1. The topological polar surface area (TPSA) is 109 Å². The summed E-state index contributed by atoms with van der Waals surface area (Å²) in [5, 5.41) is 16.6. The van der Waals surface area contributed by atoms with E-state index in [1.165, 1.54) is 0 Å². The Kier molecular flexibility index (Phi) is 5.59. The van der Waals surface area contributed by atoms with E-state index in [0.29, 0.717) is 31.5 Å². The van der Waals surface area contributed by atoms with Gasteiger partial charge >= 0.3 is 0 Å². The minimum atomic E-state index is -0.498. The number of imidazole rings is 1. The summed E-state index contributed by atoms with van der Waals surface area (Å²) in [6, 6.07) is 10.2. The molecule has 2 atom stereocenters. The lowest BCUT2D eigenvalue weighted by molar-refractivity contribution is -0.0364. The summed E-state index contributed by atoms with van der Waals surface area (Å²) in [6.07, 6.45) is 6.70. The first kappa shape index (κ1) is 21.6. The standard InChI is InChI=1S/C25H27N7O3/c1-16(33)22-15-31(9-11-34-22)19-4-2-18(3-5-19)29-23-24-27-6-8-32(24)14-21(30-23)17-12-20-25(28-13-17)35-10-7-26-20/h2-6,8,12-14,16,22,26,33H,7,9-11,15H2,1H3,(H,29,30). The van der Waals surface area contributed by atoms with Crippen molar-refractivity contribution in [3.8, 4) is 17.1 Å². The number of morpholine rings is 1. The van der Waals surface area contributed by atoms with Crippen LogP contribution in [0.25, 0.3) is 16.9 Å². The molecule has 2 aliphatic heterocycles. The molecular weight excluding hydrogens is 446 g/mol. The molecule has 3 aromatic heterocycles. The van der Waals surface area contributed by atoms with E-state index in [4.69, 9.17) is 14.5 Å². The first-order valence-corrected chi connectivity index (χ1v) is 11.8. The normalized spacial score (nSPS) is 18.5. The SMILES string of the molecule is CC(O)C1CN(c2ccc(Nc3nc(-c4cnc5c(c4)NCCO5)cn4ccnc34)cc2)CCO1. The van der Waals surface area contributed by atoms with Crippen molar-refractivity contribution in [3.05, 3.63) is 55.1 Å². The molecule has 0 bridgehead atoms. The van der Waals surface area contributed by atoms with Gasteiger partial charge in [-0.3, -0.25) is 0 Å². The first-order chi connectivity index (χ1) is 17.1. The molecule has 180 valence electrons. The Morgan fingerprint density at radius 1 is 1.20 bits per heavy atom. The van der Waals surface area contributed by atoms with Crippen molar-refractivity contribution in [1.82, 2.24) is 19.4 Å². The maximum absolute atomic E-state index is 9.89. The number of benzene rings is 1. The van der Waals surface area contributed by atoms with Crippen LogP contribution in [0.3, 0.4) is 0 Å². The molecule has 4 aromatic rings. The van der Waals surface area contributed by atoms with E-state index in [9.17, 15) is 5.11 Å². The van der Waals surface area contributed by atoms with Crippen LogP contribution >= 0.6 is 0 Å². The second-order valence-electron chi connectivity index (χ2n) is 8.75. The molecule has 35 heavy (non-hydrogen) atoms. The number of fused-ring (bicyclic) bond motifs is 2. The van der Waals surface area contributed by atoms with Crippen LogP contribution in [0, 0.1) is 0 Å². The Hall–Kier alpha value is -3.89. The van der Waals surface area contributed by atoms with Crippen LogP contribution in [0.5, 0.6) is 5.88 Å². The fourth-order valence-corrected chi connectivity index (χ4v) is 4.42. The molecule has 10 nitrogen and oxygen atoms in total. The van der Waals surface area contributed by atoms with Gasteiger partial charge in [0.2, 0.25) is 5.88 Å². The Morgan fingerprint density at radius 3 is 2.94 bits per heavy atom. The molecule has 10 heteroatoms. The highest BCUT2D eigenvalue weighted by atomic mass is 16.5. The van der Waals surface area contributed by atoms with Gasteiger partial charge < -0.3 is 34.5 Å². The number of nitrogens with one attached hydrogen (secondary N) is 2. The number of aliphatic hydroxyl groups is 1. The van der Waals surface area contributed by atoms with Crippen molar-refractivity contribution in [3.63, 3.8) is 0 Å². The van der Waals surface area contributed by atoms with Gasteiger partial charge in [0.05, 0.1) is 24.1 Å². The lowest BCUT2D eigenvalue weighted by atomic mass is 10.1. The molecule has 5 heterocycles. The van der Waals surface area contributed by atoms with Gasteiger partial charge in [0, 0.05) is 61.4 Å². The first-order valence-electron chi connectivity index (χ1n) is 11.8. The Bertz CT molecular complexity index is 1340. The average Bonchev–Trinajstić information content (AvgIpc) is 3.38. The van der Waals surface area contributed by atoms with E-state index < -0.39 is 6.10 Å². The van der Waals surface area contributed by atoms with Crippen LogP contribution in [-0.2, 0) is 4.74 Å². The fourth-order valence-electron chi connectivity index (χ4n) is 4.42. The molecule has 1 fully saturated rings. The lowest BCUT2D eigenvalue weighted by Gasteiger charge is -2.35. The Labute approximate surface area is 202 Å². The van der Waals surface area contributed by atoms with Crippen LogP contribution in [-0.4, -0.2) is 69.5 Å². The van der Waals surface area contributed by atoms with E-state index in [1.807, 2.05) is 35.0 Å². The molecule has 2 unspecified atom stereocenters. The predicted molar refractivity (Wildman–Crippen MR) is 134 cm³/mol. The minimum Gasteiger partial charge on any atom is -0.474 e. The number of nitrogens with zero attached hydrogens (tertiary/aromatic N) is 5. The third kappa shape index (κ3) is 4.33. The summed E-state index contributed by atoms with van der Waals surface area (Å²) in [5.74, 6) is 1.27.